The first-order valence-corrected chi connectivity index (χ1v) is 8.34. The van der Waals surface area contributed by atoms with Gasteiger partial charge < -0.3 is 14.2 Å². The lowest BCUT2D eigenvalue weighted by Crippen LogP contribution is -2.14. The molecular weight excluding hydrogens is 348 g/mol. The van der Waals surface area contributed by atoms with E-state index in [4.69, 9.17) is 14.2 Å². The minimum atomic E-state index is -0.898. The second-order valence-corrected chi connectivity index (χ2v) is 5.69. The Morgan fingerprint density at radius 3 is 2.26 bits per heavy atom. The number of esters is 1. The van der Waals surface area contributed by atoms with Gasteiger partial charge in [0.15, 0.2) is 5.78 Å². The van der Waals surface area contributed by atoms with Crippen LogP contribution in [0.5, 0.6) is 5.75 Å². The monoisotopic (exact) mass is 368 g/mol. The minimum absolute atomic E-state index is 0.0327. The molecule has 0 heterocycles. The number of ketones is 1. The van der Waals surface area contributed by atoms with E-state index in [0.717, 1.165) is 0 Å². The van der Waals surface area contributed by atoms with E-state index in [9.17, 15) is 14.4 Å². The molecule has 27 heavy (non-hydrogen) atoms. The molecule has 0 saturated heterocycles. The molecule has 0 aliphatic rings. The van der Waals surface area contributed by atoms with Crippen LogP contribution in [0.15, 0.2) is 66.7 Å². The Kier molecular flexibility index (Phi) is 7.31. The van der Waals surface area contributed by atoms with E-state index in [1.165, 1.54) is 6.07 Å². The van der Waals surface area contributed by atoms with Crippen LogP contribution < -0.4 is 4.74 Å². The average molecular weight is 368 g/mol. The molecule has 2 aromatic rings. The van der Waals surface area contributed by atoms with Crippen LogP contribution in [0.4, 0.5) is 4.79 Å². The van der Waals surface area contributed by atoms with Crippen LogP contribution in [-0.2, 0) is 14.3 Å². The Morgan fingerprint density at radius 2 is 1.56 bits per heavy atom. The first-order valence-electron chi connectivity index (χ1n) is 8.34. The van der Waals surface area contributed by atoms with Gasteiger partial charge in [0.2, 0.25) is 0 Å². The summed E-state index contributed by atoms with van der Waals surface area (Å²) in [6.45, 7) is 5.16. The van der Waals surface area contributed by atoms with Gasteiger partial charge in [-0.05, 0) is 19.1 Å². The van der Waals surface area contributed by atoms with E-state index in [2.05, 4.69) is 6.58 Å². The fourth-order valence-corrected chi connectivity index (χ4v) is 2.09. The molecule has 140 valence electrons. The second kappa shape index (κ2) is 9.91. The molecule has 0 amide bonds. The molecule has 0 aliphatic heterocycles. The van der Waals surface area contributed by atoms with Gasteiger partial charge in [-0.25, -0.2) is 9.59 Å². The van der Waals surface area contributed by atoms with Crippen LogP contribution in [0.3, 0.4) is 0 Å². The first kappa shape index (κ1) is 19.9. The van der Waals surface area contributed by atoms with E-state index in [-0.39, 0.29) is 24.7 Å². The SMILES string of the molecule is C=C(C)C(=O)OCCCOC(=O)Oc1cccc(C(=O)c2ccccc2)c1. The Balaban J connectivity index is 1.82. The van der Waals surface area contributed by atoms with E-state index >= 15 is 0 Å². The van der Waals surface area contributed by atoms with Crippen molar-refractivity contribution in [2.45, 2.75) is 13.3 Å². The highest BCUT2D eigenvalue weighted by Crippen LogP contribution is 2.17. The standard InChI is InChI=1S/C21H20O6/c1-15(2)20(23)25-12-7-13-26-21(24)27-18-11-6-10-17(14-18)19(22)16-8-4-3-5-9-16/h3-6,8-11,14H,1,7,12-13H2,2H3. The van der Waals surface area contributed by atoms with Crippen molar-refractivity contribution in [2.75, 3.05) is 13.2 Å². The van der Waals surface area contributed by atoms with Crippen molar-refractivity contribution in [3.8, 4) is 5.75 Å². The topological polar surface area (TPSA) is 78.9 Å². The fourth-order valence-electron chi connectivity index (χ4n) is 2.09. The molecule has 0 bridgehead atoms. The zero-order valence-electron chi connectivity index (χ0n) is 15.0. The van der Waals surface area contributed by atoms with Gasteiger partial charge in [0.25, 0.3) is 0 Å². The lowest BCUT2D eigenvalue weighted by molar-refractivity contribution is -0.139. The average Bonchev–Trinajstić information content (AvgIpc) is 2.67. The third-order valence-electron chi connectivity index (χ3n) is 3.42. The number of rotatable bonds is 8. The molecular formula is C21H20O6. The maximum atomic E-state index is 12.4. The Labute approximate surface area is 157 Å². The molecule has 0 saturated carbocycles. The number of carbonyl (C=O) groups is 3. The summed E-state index contributed by atoms with van der Waals surface area (Å²) in [5.74, 6) is -0.457. The fraction of sp³-hybridized carbons (Fsp3) is 0.190. The summed E-state index contributed by atoms with van der Waals surface area (Å²) >= 11 is 0. The maximum Gasteiger partial charge on any atom is 0.513 e. The molecule has 0 unspecified atom stereocenters. The van der Waals surface area contributed by atoms with Gasteiger partial charge in [-0.15, -0.1) is 0 Å². The van der Waals surface area contributed by atoms with Gasteiger partial charge in [-0.1, -0.05) is 49.0 Å². The largest absolute Gasteiger partial charge is 0.513 e. The maximum absolute atomic E-state index is 12.4. The van der Waals surface area contributed by atoms with Gasteiger partial charge in [-0.3, -0.25) is 4.79 Å². The van der Waals surface area contributed by atoms with Crippen LogP contribution in [0.25, 0.3) is 0 Å². The smallest absolute Gasteiger partial charge is 0.462 e. The van der Waals surface area contributed by atoms with E-state index in [0.29, 0.717) is 23.1 Å². The van der Waals surface area contributed by atoms with Crippen LogP contribution in [0.1, 0.15) is 29.3 Å². The molecule has 6 heteroatoms. The van der Waals surface area contributed by atoms with Crippen molar-refractivity contribution in [2.24, 2.45) is 0 Å². The van der Waals surface area contributed by atoms with E-state index in [1.807, 2.05) is 6.07 Å². The molecule has 0 aromatic heterocycles. The summed E-state index contributed by atoms with van der Waals surface area (Å²) in [6, 6.07) is 15.1. The molecule has 0 aliphatic carbocycles. The van der Waals surface area contributed by atoms with Gasteiger partial charge in [0.1, 0.15) is 5.75 Å². The lowest BCUT2D eigenvalue weighted by atomic mass is 10.0. The van der Waals surface area contributed by atoms with Crippen molar-refractivity contribution in [1.29, 1.82) is 0 Å². The number of hydrogen-bond donors (Lipinski definition) is 0. The number of carbonyl (C=O) groups excluding carboxylic acids is 3. The summed E-state index contributed by atoms with van der Waals surface area (Å²) in [4.78, 5) is 35.3. The quantitative estimate of drug-likeness (QED) is 0.231. The van der Waals surface area contributed by atoms with Crippen LogP contribution in [0.2, 0.25) is 0 Å². The lowest BCUT2D eigenvalue weighted by Gasteiger charge is -2.08. The van der Waals surface area contributed by atoms with Crippen molar-refractivity contribution in [1.82, 2.24) is 0 Å². The van der Waals surface area contributed by atoms with Crippen LogP contribution >= 0.6 is 0 Å². The van der Waals surface area contributed by atoms with Gasteiger partial charge in [0.05, 0.1) is 13.2 Å². The van der Waals surface area contributed by atoms with Crippen LogP contribution in [0, 0.1) is 0 Å². The Hall–Kier alpha value is -3.41. The van der Waals surface area contributed by atoms with Gasteiger partial charge >= 0.3 is 12.1 Å². The first-order chi connectivity index (χ1) is 13.0. The summed E-state index contributed by atoms with van der Waals surface area (Å²) in [7, 11) is 0. The third kappa shape index (κ3) is 6.43. The number of benzene rings is 2. The number of ether oxygens (including phenoxy) is 3. The normalized spacial score (nSPS) is 9.96. The number of hydrogen-bond acceptors (Lipinski definition) is 6. The Morgan fingerprint density at radius 1 is 0.889 bits per heavy atom. The van der Waals surface area contributed by atoms with Crippen molar-refractivity contribution in [3.05, 3.63) is 77.9 Å². The molecule has 0 N–H and O–H groups in total. The molecule has 2 rings (SSSR count). The molecule has 0 radical (unpaired) electrons. The highest BCUT2D eigenvalue weighted by atomic mass is 16.7. The van der Waals surface area contributed by atoms with E-state index in [1.54, 1.807) is 49.4 Å². The third-order valence-corrected chi connectivity index (χ3v) is 3.42. The molecule has 0 fully saturated rings. The van der Waals surface area contributed by atoms with Gasteiger partial charge in [-0.2, -0.15) is 0 Å². The zero-order valence-corrected chi connectivity index (χ0v) is 15.0. The molecule has 0 spiro atoms. The molecule has 6 nitrogen and oxygen atoms in total. The van der Waals surface area contributed by atoms with Crippen molar-refractivity contribution >= 4 is 17.9 Å². The van der Waals surface area contributed by atoms with Crippen molar-refractivity contribution in [3.63, 3.8) is 0 Å². The zero-order chi connectivity index (χ0) is 19.6. The summed E-state index contributed by atoms with van der Waals surface area (Å²) in [5, 5.41) is 0. The van der Waals surface area contributed by atoms with Gasteiger partial charge in [0, 0.05) is 23.1 Å². The highest BCUT2D eigenvalue weighted by Gasteiger charge is 2.12. The summed E-state index contributed by atoms with van der Waals surface area (Å²) in [6.07, 6.45) is -0.564. The predicted molar refractivity (Wildman–Crippen MR) is 98.7 cm³/mol. The molecule has 0 atom stereocenters. The second-order valence-electron chi connectivity index (χ2n) is 5.69. The van der Waals surface area contributed by atoms with Crippen LogP contribution in [-0.4, -0.2) is 31.1 Å². The minimum Gasteiger partial charge on any atom is -0.462 e. The highest BCUT2D eigenvalue weighted by molar-refractivity contribution is 6.09. The summed E-state index contributed by atoms with van der Waals surface area (Å²) in [5.41, 5.74) is 1.25. The predicted octanol–water partition coefficient (Wildman–Crippen LogP) is 3.94. The summed E-state index contributed by atoms with van der Waals surface area (Å²) < 4.78 is 14.9. The molecule has 2 aromatic carbocycles. The van der Waals surface area contributed by atoms with Crippen molar-refractivity contribution < 1.29 is 28.6 Å². The Bertz CT molecular complexity index is 826. The van der Waals surface area contributed by atoms with E-state index < -0.39 is 12.1 Å².